The van der Waals surface area contributed by atoms with E-state index in [0.29, 0.717) is 0 Å². The molecule has 0 aromatic heterocycles. The first-order chi connectivity index (χ1) is 20.0. The minimum absolute atomic E-state index is 0.0941. The quantitative estimate of drug-likeness (QED) is 0.181. The predicted octanol–water partition coefficient (Wildman–Crippen LogP) is 0.415. The third-order valence-electron chi connectivity index (χ3n) is 10.5. The fourth-order valence-electron chi connectivity index (χ4n) is 8.28. The zero-order valence-corrected chi connectivity index (χ0v) is 25.0. The van der Waals surface area contributed by atoms with Gasteiger partial charge in [0.2, 0.25) is 0 Å². The second-order valence-electron chi connectivity index (χ2n) is 13.0. The van der Waals surface area contributed by atoms with Crippen LogP contribution in [-0.4, -0.2) is 104 Å². The van der Waals surface area contributed by atoms with Gasteiger partial charge in [-0.3, -0.25) is 9.59 Å². The summed E-state index contributed by atoms with van der Waals surface area (Å²) in [4.78, 5) is 38.8. The van der Waals surface area contributed by atoms with Gasteiger partial charge in [-0.25, -0.2) is 4.79 Å². The van der Waals surface area contributed by atoms with E-state index >= 15 is 0 Å². The monoisotopic (exact) mass is 604 g/mol. The predicted molar refractivity (Wildman–Crippen MR) is 147 cm³/mol. The Morgan fingerprint density at radius 3 is 2.09 bits per heavy atom. The molecule has 1 aliphatic heterocycles. The van der Waals surface area contributed by atoms with E-state index in [1.165, 1.54) is 46.8 Å². The second kappa shape index (κ2) is 10.4. The van der Waals surface area contributed by atoms with Gasteiger partial charge in [-0.15, -0.1) is 0 Å². The van der Waals surface area contributed by atoms with Crippen LogP contribution >= 0.6 is 0 Å². The normalized spacial score (nSPS) is 43.1. The fourth-order valence-corrected chi connectivity index (χ4v) is 8.28. The van der Waals surface area contributed by atoms with Gasteiger partial charge in [0, 0.05) is 31.1 Å². The number of aliphatic hydroxyl groups excluding tert-OH is 4. The molecule has 43 heavy (non-hydrogen) atoms. The lowest BCUT2D eigenvalue weighted by Crippen LogP contribution is -2.84. The van der Waals surface area contributed by atoms with Crippen molar-refractivity contribution >= 4 is 17.9 Å². The summed E-state index contributed by atoms with van der Waals surface area (Å²) < 4.78 is 23.5. The van der Waals surface area contributed by atoms with E-state index in [1.54, 1.807) is 18.2 Å². The zero-order valence-electron chi connectivity index (χ0n) is 25.0. The topological polar surface area (TPSA) is 189 Å². The Labute approximate surface area is 249 Å². The lowest BCUT2D eigenvalue weighted by atomic mass is 9.44. The summed E-state index contributed by atoms with van der Waals surface area (Å²) in [6.07, 6.45) is -11.3. The highest BCUT2D eigenvalue weighted by molar-refractivity contribution is 5.89. The average molecular weight is 605 g/mol. The molecule has 4 aliphatic rings. The Morgan fingerprint density at radius 2 is 1.56 bits per heavy atom. The molecule has 2 saturated carbocycles. The molecule has 11 atom stereocenters. The van der Waals surface area contributed by atoms with E-state index in [4.69, 9.17) is 18.9 Å². The maximum atomic E-state index is 13.7. The van der Waals surface area contributed by atoms with Crippen LogP contribution in [0.25, 0.3) is 0 Å². The number of carbonyl (C=O) groups is 3. The smallest absolute Gasteiger partial charge is 0.338 e. The highest BCUT2D eigenvalue weighted by atomic mass is 16.6. The first kappa shape index (κ1) is 31.6. The summed E-state index contributed by atoms with van der Waals surface area (Å²) in [6, 6.07) is 7.87. The first-order valence-electron chi connectivity index (χ1n) is 14.4. The van der Waals surface area contributed by atoms with Gasteiger partial charge in [-0.05, 0) is 30.2 Å². The first-order valence-corrected chi connectivity index (χ1v) is 14.4. The van der Waals surface area contributed by atoms with Gasteiger partial charge in [0.05, 0.1) is 24.2 Å². The van der Waals surface area contributed by atoms with E-state index in [-0.39, 0.29) is 29.7 Å². The van der Waals surface area contributed by atoms with Gasteiger partial charge in [0.25, 0.3) is 0 Å². The number of esters is 3. The lowest BCUT2D eigenvalue weighted by molar-refractivity contribution is -0.370. The van der Waals surface area contributed by atoms with Crippen molar-refractivity contribution in [1.29, 1.82) is 0 Å². The third kappa shape index (κ3) is 4.22. The SMILES string of the molecule is CC(=O)O[C@@H]1C2=C(C)[C@@H](O)[C@H](O)[C@@](O)([C@@H](OC(=O)c3ccccc3)[C@@H]3[C@]4(OC(C)=O)CO[C@@H]4C[C@H](O)[C@@]3(C)[C@H]1O)C2(C)C. The van der Waals surface area contributed by atoms with Crippen LogP contribution in [0.15, 0.2) is 41.5 Å². The summed E-state index contributed by atoms with van der Waals surface area (Å²) in [5.41, 5.74) is -7.35. The maximum Gasteiger partial charge on any atom is 0.338 e. The summed E-state index contributed by atoms with van der Waals surface area (Å²) >= 11 is 0. The van der Waals surface area contributed by atoms with E-state index in [1.807, 2.05) is 0 Å². The molecule has 1 saturated heterocycles. The van der Waals surface area contributed by atoms with Crippen molar-refractivity contribution in [3.63, 3.8) is 0 Å². The Morgan fingerprint density at radius 1 is 0.930 bits per heavy atom. The van der Waals surface area contributed by atoms with Crippen LogP contribution < -0.4 is 0 Å². The van der Waals surface area contributed by atoms with Crippen LogP contribution in [0, 0.1) is 16.7 Å². The van der Waals surface area contributed by atoms with Crippen LogP contribution in [0.3, 0.4) is 0 Å². The highest BCUT2D eigenvalue weighted by Crippen LogP contribution is 2.65. The lowest BCUT2D eigenvalue weighted by Gasteiger charge is -2.69. The molecule has 1 heterocycles. The van der Waals surface area contributed by atoms with Crippen molar-refractivity contribution < 1.29 is 58.9 Å². The molecule has 12 nitrogen and oxygen atoms in total. The maximum absolute atomic E-state index is 13.7. The molecule has 2 bridgehead atoms. The Hall–Kier alpha value is -2.87. The van der Waals surface area contributed by atoms with Crippen molar-refractivity contribution in [3.05, 3.63) is 47.0 Å². The largest absolute Gasteiger partial charge is 0.455 e. The number of aliphatic hydroxyl groups is 5. The molecule has 1 aromatic rings. The van der Waals surface area contributed by atoms with Crippen molar-refractivity contribution in [3.8, 4) is 0 Å². The molecule has 5 rings (SSSR count). The molecular formula is C31H40O12. The molecule has 3 fully saturated rings. The van der Waals surface area contributed by atoms with E-state index < -0.39 is 88.6 Å². The minimum atomic E-state index is -2.56. The Bertz CT molecular complexity index is 1340. The summed E-state index contributed by atoms with van der Waals surface area (Å²) in [5, 5.41) is 60.0. The Balaban J connectivity index is 1.87. The molecule has 0 radical (unpaired) electrons. The van der Waals surface area contributed by atoms with Gasteiger partial charge in [-0.2, -0.15) is 0 Å². The molecule has 236 valence electrons. The molecule has 1 aromatic carbocycles. The molecule has 3 aliphatic carbocycles. The van der Waals surface area contributed by atoms with Crippen LogP contribution in [0.5, 0.6) is 0 Å². The number of hydrogen-bond donors (Lipinski definition) is 5. The summed E-state index contributed by atoms with van der Waals surface area (Å²) in [5.74, 6) is -3.88. The number of hydrogen-bond acceptors (Lipinski definition) is 12. The van der Waals surface area contributed by atoms with E-state index in [2.05, 4.69) is 0 Å². The van der Waals surface area contributed by atoms with Crippen LogP contribution in [0.2, 0.25) is 0 Å². The van der Waals surface area contributed by atoms with Gasteiger partial charge < -0.3 is 44.5 Å². The van der Waals surface area contributed by atoms with Crippen molar-refractivity contribution in [2.75, 3.05) is 6.61 Å². The molecule has 12 heteroatoms. The third-order valence-corrected chi connectivity index (χ3v) is 10.5. The second-order valence-corrected chi connectivity index (χ2v) is 13.0. The van der Waals surface area contributed by atoms with Crippen molar-refractivity contribution in [2.24, 2.45) is 16.7 Å². The molecule has 0 unspecified atom stereocenters. The molecule has 0 amide bonds. The summed E-state index contributed by atoms with van der Waals surface area (Å²) in [6.45, 7) is 8.04. The van der Waals surface area contributed by atoms with Crippen LogP contribution in [0.4, 0.5) is 0 Å². The molecule has 0 spiro atoms. The van der Waals surface area contributed by atoms with Gasteiger partial charge in [0.15, 0.2) is 11.7 Å². The fraction of sp³-hybridized carbons (Fsp3) is 0.645. The molecule has 5 N–H and O–H groups in total. The van der Waals surface area contributed by atoms with Gasteiger partial charge in [-0.1, -0.05) is 39.0 Å². The van der Waals surface area contributed by atoms with Crippen LogP contribution in [0.1, 0.15) is 58.3 Å². The Kier molecular flexibility index (Phi) is 7.60. The summed E-state index contributed by atoms with van der Waals surface area (Å²) in [7, 11) is 0. The number of carbonyl (C=O) groups excluding carboxylic acids is 3. The number of rotatable bonds is 4. The van der Waals surface area contributed by atoms with Crippen molar-refractivity contribution in [1.82, 2.24) is 0 Å². The standard InChI is InChI=1S/C31H40O12/c1-14-20-22(41-15(2)32)25(37)29(6)18(34)12-19-30(13-40-19,43-16(3)33)23(29)26(42-27(38)17-10-8-7-9-11-17)31(39,28(20,4)5)24(36)21(14)35/h7-11,18-19,21-26,34-37,39H,12-13H2,1-6H3/t18-,19+,21+,22+,23-,24-,25-,26-,29+,30-,31+/m0/s1. The highest BCUT2D eigenvalue weighted by Gasteiger charge is 2.79. The number of benzene rings is 1. The minimum Gasteiger partial charge on any atom is -0.455 e. The number of fused-ring (bicyclic) bond motifs is 5. The average Bonchev–Trinajstić information content (AvgIpc) is 2.93. The van der Waals surface area contributed by atoms with E-state index in [0.717, 1.165) is 6.92 Å². The van der Waals surface area contributed by atoms with Crippen molar-refractivity contribution in [2.45, 2.75) is 102 Å². The van der Waals surface area contributed by atoms with Gasteiger partial charge in [0.1, 0.15) is 36.1 Å². The van der Waals surface area contributed by atoms with Crippen LogP contribution in [-0.2, 0) is 28.5 Å². The number of ether oxygens (including phenoxy) is 4. The van der Waals surface area contributed by atoms with Gasteiger partial charge >= 0.3 is 17.9 Å². The molecular weight excluding hydrogens is 564 g/mol. The van der Waals surface area contributed by atoms with E-state index in [9.17, 15) is 39.9 Å². The zero-order chi connectivity index (χ0) is 31.9.